The van der Waals surface area contributed by atoms with E-state index in [9.17, 15) is 9.59 Å². The number of benzene rings is 2. The third kappa shape index (κ3) is 3.56. The van der Waals surface area contributed by atoms with E-state index in [1.807, 2.05) is 30.3 Å². The summed E-state index contributed by atoms with van der Waals surface area (Å²) in [6.07, 6.45) is 4.60. The van der Waals surface area contributed by atoms with Crippen molar-refractivity contribution in [2.24, 2.45) is 0 Å². The molecule has 5 rings (SSSR count). The SMILES string of the molecule is O=C(Nc1nc2c(s1)CCCC2)c1ccc2c(c1)CC(c1ccccc1)OC2=O. The Morgan fingerprint density at radius 2 is 1.93 bits per heavy atom. The molecule has 0 saturated heterocycles. The van der Waals surface area contributed by atoms with Crippen LogP contribution >= 0.6 is 11.3 Å². The summed E-state index contributed by atoms with van der Waals surface area (Å²) >= 11 is 1.57. The number of aromatic nitrogens is 1. The smallest absolute Gasteiger partial charge is 0.339 e. The minimum atomic E-state index is -0.348. The molecule has 29 heavy (non-hydrogen) atoms. The highest BCUT2D eigenvalue weighted by Gasteiger charge is 2.28. The summed E-state index contributed by atoms with van der Waals surface area (Å²) in [5, 5.41) is 3.58. The van der Waals surface area contributed by atoms with Crippen molar-refractivity contribution in [3.8, 4) is 0 Å². The van der Waals surface area contributed by atoms with Crippen LogP contribution in [-0.2, 0) is 24.0 Å². The fourth-order valence-corrected chi connectivity index (χ4v) is 5.01. The number of cyclic esters (lactones) is 1. The first kappa shape index (κ1) is 18.1. The lowest BCUT2D eigenvalue weighted by molar-refractivity contribution is 0.0252. The van der Waals surface area contributed by atoms with E-state index < -0.39 is 0 Å². The molecule has 1 N–H and O–H groups in total. The first-order chi connectivity index (χ1) is 14.2. The molecule has 3 aromatic rings. The molecular weight excluding hydrogens is 384 g/mol. The fraction of sp³-hybridized carbons (Fsp3) is 0.261. The monoisotopic (exact) mass is 404 g/mol. The minimum Gasteiger partial charge on any atom is -0.454 e. The van der Waals surface area contributed by atoms with Crippen LogP contribution in [0.3, 0.4) is 0 Å². The van der Waals surface area contributed by atoms with Crippen molar-refractivity contribution in [2.45, 2.75) is 38.2 Å². The molecular formula is C23H20N2O3S. The summed E-state index contributed by atoms with van der Waals surface area (Å²) in [5.74, 6) is -0.547. The molecule has 0 saturated carbocycles. The number of carbonyl (C=O) groups is 2. The van der Waals surface area contributed by atoms with E-state index >= 15 is 0 Å². The zero-order chi connectivity index (χ0) is 19.8. The van der Waals surface area contributed by atoms with Crippen molar-refractivity contribution < 1.29 is 14.3 Å². The number of hydrogen-bond acceptors (Lipinski definition) is 5. The molecule has 1 unspecified atom stereocenters. The Kier molecular flexibility index (Phi) is 4.64. The predicted octanol–water partition coefficient (Wildman–Crippen LogP) is 4.73. The zero-order valence-electron chi connectivity index (χ0n) is 15.8. The molecule has 1 aliphatic heterocycles. The maximum atomic E-state index is 12.8. The fourth-order valence-electron chi connectivity index (χ4n) is 3.97. The van der Waals surface area contributed by atoms with E-state index in [1.165, 1.54) is 11.3 Å². The Morgan fingerprint density at radius 3 is 2.76 bits per heavy atom. The third-order valence-electron chi connectivity index (χ3n) is 5.48. The Morgan fingerprint density at radius 1 is 1.10 bits per heavy atom. The molecule has 1 amide bonds. The zero-order valence-corrected chi connectivity index (χ0v) is 16.6. The molecule has 0 spiro atoms. The van der Waals surface area contributed by atoms with Crippen LogP contribution < -0.4 is 5.32 Å². The summed E-state index contributed by atoms with van der Waals surface area (Å²) < 4.78 is 5.59. The number of aryl methyl sites for hydroxylation is 2. The van der Waals surface area contributed by atoms with Gasteiger partial charge < -0.3 is 4.74 Å². The van der Waals surface area contributed by atoms with Crippen LogP contribution in [-0.4, -0.2) is 16.9 Å². The molecule has 2 heterocycles. The van der Waals surface area contributed by atoms with E-state index in [-0.39, 0.29) is 18.0 Å². The molecule has 0 radical (unpaired) electrons. The maximum absolute atomic E-state index is 12.8. The molecule has 2 aromatic carbocycles. The van der Waals surface area contributed by atoms with Gasteiger partial charge in [0.15, 0.2) is 5.13 Å². The second kappa shape index (κ2) is 7.44. The number of rotatable bonds is 3. The van der Waals surface area contributed by atoms with Crippen LogP contribution in [0, 0.1) is 0 Å². The number of amides is 1. The van der Waals surface area contributed by atoms with Gasteiger partial charge in [-0.3, -0.25) is 10.1 Å². The van der Waals surface area contributed by atoms with Crippen LogP contribution in [0.25, 0.3) is 0 Å². The van der Waals surface area contributed by atoms with Gasteiger partial charge in [0.25, 0.3) is 5.91 Å². The van der Waals surface area contributed by atoms with Gasteiger partial charge in [0.05, 0.1) is 11.3 Å². The van der Waals surface area contributed by atoms with Gasteiger partial charge in [-0.2, -0.15) is 0 Å². The summed E-state index contributed by atoms with van der Waals surface area (Å²) in [5.41, 5.74) is 3.96. The van der Waals surface area contributed by atoms with Crippen molar-refractivity contribution in [3.05, 3.63) is 81.4 Å². The first-order valence-electron chi connectivity index (χ1n) is 9.86. The predicted molar refractivity (Wildman–Crippen MR) is 111 cm³/mol. The standard InChI is InChI=1S/C23H20N2O3S/c26-21(25-23-24-18-8-4-5-9-20(18)29-23)15-10-11-17-16(12-15)13-19(28-22(17)27)14-6-2-1-3-7-14/h1-3,6-7,10-12,19H,4-5,8-9,13H2,(H,24,25,26). The van der Waals surface area contributed by atoms with Crippen molar-refractivity contribution in [1.29, 1.82) is 0 Å². The first-order valence-corrected chi connectivity index (χ1v) is 10.7. The van der Waals surface area contributed by atoms with Gasteiger partial charge >= 0.3 is 5.97 Å². The molecule has 5 nitrogen and oxygen atoms in total. The van der Waals surface area contributed by atoms with Crippen LogP contribution in [0.5, 0.6) is 0 Å². The van der Waals surface area contributed by atoms with Crippen molar-refractivity contribution in [2.75, 3.05) is 5.32 Å². The summed E-state index contributed by atoms with van der Waals surface area (Å²) in [6, 6.07) is 14.8. The number of hydrogen-bond donors (Lipinski definition) is 1. The highest BCUT2D eigenvalue weighted by molar-refractivity contribution is 7.15. The van der Waals surface area contributed by atoms with Gasteiger partial charge in [-0.15, -0.1) is 11.3 Å². The molecule has 146 valence electrons. The summed E-state index contributed by atoms with van der Waals surface area (Å²) in [7, 11) is 0. The Labute approximate surface area is 172 Å². The molecule has 1 aliphatic carbocycles. The number of esters is 1. The third-order valence-corrected chi connectivity index (χ3v) is 6.55. The van der Waals surface area contributed by atoms with Crippen LogP contribution in [0.1, 0.15) is 61.4 Å². The van der Waals surface area contributed by atoms with Gasteiger partial charge in [-0.1, -0.05) is 30.3 Å². The Bertz CT molecular complexity index is 1070. The highest BCUT2D eigenvalue weighted by atomic mass is 32.1. The van der Waals surface area contributed by atoms with Crippen LogP contribution in [0.4, 0.5) is 5.13 Å². The molecule has 0 bridgehead atoms. The lowest BCUT2D eigenvalue weighted by Crippen LogP contribution is -2.23. The summed E-state index contributed by atoms with van der Waals surface area (Å²) in [6.45, 7) is 0. The van der Waals surface area contributed by atoms with Gasteiger partial charge in [0.2, 0.25) is 0 Å². The average molecular weight is 404 g/mol. The second-order valence-electron chi connectivity index (χ2n) is 7.43. The van der Waals surface area contributed by atoms with E-state index in [0.29, 0.717) is 22.7 Å². The van der Waals surface area contributed by atoms with E-state index in [1.54, 1.807) is 29.5 Å². The molecule has 1 aromatic heterocycles. The van der Waals surface area contributed by atoms with Gasteiger partial charge in [-0.05, 0) is 55.0 Å². The number of nitrogens with zero attached hydrogens (tertiary/aromatic N) is 1. The lowest BCUT2D eigenvalue weighted by atomic mass is 9.93. The van der Waals surface area contributed by atoms with Crippen LogP contribution in [0.2, 0.25) is 0 Å². The number of carbonyl (C=O) groups excluding carboxylic acids is 2. The molecule has 2 aliphatic rings. The topological polar surface area (TPSA) is 68.3 Å². The number of fused-ring (bicyclic) bond motifs is 2. The van der Waals surface area contributed by atoms with Crippen molar-refractivity contribution in [1.82, 2.24) is 4.98 Å². The van der Waals surface area contributed by atoms with Gasteiger partial charge in [0.1, 0.15) is 6.10 Å². The Hall–Kier alpha value is -2.99. The van der Waals surface area contributed by atoms with E-state index in [4.69, 9.17) is 4.74 Å². The van der Waals surface area contributed by atoms with Gasteiger partial charge in [-0.25, -0.2) is 9.78 Å². The molecule has 0 fully saturated rings. The van der Waals surface area contributed by atoms with E-state index in [2.05, 4.69) is 10.3 Å². The number of thiazole rings is 1. The molecule has 6 heteroatoms. The quantitative estimate of drug-likeness (QED) is 0.641. The molecule has 1 atom stereocenters. The number of ether oxygens (including phenoxy) is 1. The van der Waals surface area contributed by atoms with E-state index in [0.717, 1.165) is 36.1 Å². The average Bonchev–Trinajstić information content (AvgIpc) is 3.16. The minimum absolute atomic E-state index is 0.200. The van der Waals surface area contributed by atoms with Crippen LogP contribution in [0.15, 0.2) is 48.5 Å². The highest BCUT2D eigenvalue weighted by Crippen LogP contribution is 2.32. The second-order valence-corrected chi connectivity index (χ2v) is 8.51. The summed E-state index contributed by atoms with van der Waals surface area (Å²) in [4.78, 5) is 31.1. The number of nitrogens with one attached hydrogen (secondary N) is 1. The van der Waals surface area contributed by atoms with Crippen molar-refractivity contribution >= 4 is 28.3 Å². The Balaban J connectivity index is 1.38. The largest absolute Gasteiger partial charge is 0.454 e. The maximum Gasteiger partial charge on any atom is 0.339 e. The van der Waals surface area contributed by atoms with Crippen molar-refractivity contribution in [3.63, 3.8) is 0 Å². The number of anilines is 1. The lowest BCUT2D eigenvalue weighted by Gasteiger charge is -2.25. The van der Waals surface area contributed by atoms with Gasteiger partial charge in [0, 0.05) is 16.9 Å². The normalized spacial score (nSPS) is 17.8.